The van der Waals surface area contributed by atoms with Crippen molar-refractivity contribution in [3.63, 3.8) is 0 Å². The van der Waals surface area contributed by atoms with E-state index < -0.39 is 0 Å². The highest BCUT2D eigenvalue weighted by Crippen LogP contribution is 2.05. The van der Waals surface area contributed by atoms with Crippen LogP contribution in [0.2, 0.25) is 0 Å². The molecule has 1 unspecified atom stereocenters. The topological polar surface area (TPSA) is 29.9 Å². The van der Waals surface area contributed by atoms with Gasteiger partial charge in [0.2, 0.25) is 0 Å². The van der Waals surface area contributed by atoms with Crippen molar-refractivity contribution in [2.45, 2.75) is 38.8 Å². The summed E-state index contributed by atoms with van der Waals surface area (Å²) in [6.07, 6.45) is 8.99. The van der Waals surface area contributed by atoms with Gasteiger partial charge >= 0.3 is 0 Å². The van der Waals surface area contributed by atoms with Gasteiger partial charge in [0.25, 0.3) is 0 Å². The minimum Gasteiger partial charge on any atom is -0.335 e. The second-order valence-electron chi connectivity index (χ2n) is 3.75. The smallest absolute Gasteiger partial charge is 0.110 e. The molecule has 0 amide bonds. The molecule has 1 rings (SSSR count). The molecule has 1 aromatic rings. The first-order chi connectivity index (χ1) is 7.31. The fourth-order valence-corrected chi connectivity index (χ4v) is 1.70. The predicted molar refractivity (Wildman–Crippen MR) is 63.9 cm³/mol. The molecule has 0 radical (unpaired) electrons. The van der Waals surface area contributed by atoms with Crippen molar-refractivity contribution in [3.8, 4) is 0 Å². The van der Waals surface area contributed by atoms with Gasteiger partial charge in [-0.25, -0.2) is 4.98 Å². The maximum absolute atomic E-state index is 4.39. The molecule has 0 aliphatic rings. The Morgan fingerprint density at radius 2 is 2.47 bits per heavy atom. The average molecular weight is 207 g/mol. The van der Waals surface area contributed by atoms with Crippen LogP contribution in [0.5, 0.6) is 0 Å². The fraction of sp³-hybridized carbons (Fsp3) is 0.583. The summed E-state index contributed by atoms with van der Waals surface area (Å²) in [5, 5.41) is 3.29. The van der Waals surface area contributed by atoms with Crippen LogP contribution in [0.15, 0.2) is 25.0 Å². The average Bonchev–Trinajstić information content (AvgIpc) is 2.66. The van der Waals surface area contributed by atoms with E-state index in [0.29, 0.717) is 6.04 Å². The van der Waals surface area contributed by atoms with E-state index in [2.05, 4.69) is 34.6 Å². The molecule has 15 heavy (non-hydrogen) atoms. The van der Waals surface area contributed by atoms with Gasteiger partial charge in [0.1, 0.15) is 5.82 Å². The Morgan fingerprint density at radius 1 is 1.67 bits per heavy atom. The van der Waals surface area contributed by atoms with Gasteiger partial charge in [0.05, 0.1) is 0 Å². The summed E-state index contributed by atoms with van der Waals surface area (Å²) >= 11 is 0. The minimum atomic E-state index is 0.445. The molecule has 0 aliphatic carbocycles. The van der Waals surface area contributed by atoms with Crippen LogP contribution in [0.3, 0.4) is 0 Å². The van der Waals surface area contributed by atoms with Crippen LogP contribution in [0.4, 0.5) is 0 Å². The first kappa shape index (κ1) is 12.0. The molecule has 1 aromatic heterocycles. The summed E-state index contributed by atoms with van der Waals surface area (Å²) < 4.78 is 2.23. The van der Waals surface area contributed by atoms with Crippen LogP contribution < -0.4 is 5.32 Å². The Kier molecular flexibility index (Phi) is 5.12. The van der Waals surface area contributed by atoms with E-state index in [1.165, 1.54) is 0 Å². The molecule has 84 valence electrons. The SMILES string of the molecule is C=CCC(Cc1nccn1CCC)NC. The van der Waals surface area contributed by atoms with Gasteiger partial charge in [-0.3, -0.25) is 0 Å². The summed E-state index contributed by atoms with van der Waals surface area (Å²) in [5.41, 5.74) is 0. The van der Waals surface area contributed by atoms with E-state index in [0.717, 1.165) is 31.6 Å². The van der Waals surface area contributed by atoms with Crippen LogP contribution in [-0.4, -0.2) is 22.6 Å². The zero-order valence-corrected chi connectivity index (χ0v) is 9.74. The quantitative estimate of drug-likeness (QED) is 0.693. The Bertz CT molecular complexity index is 291. The number of aromatic nitrogens is 2. The monoisotopic (exact) mass is 207 g/mol. The Labute approximate surface area is 92.2 Å². The van der Waals surface area contributed by atoms with Crippen molar-refractivity contribution >= 4 is 0 Å². The zero-order valence-electron chi connectivity index (χ0n) is 9.74. The maximum atomic E-state index is 4.39. The van der Waals surface area contributed by atoms with Gasteiger partial charge in [-0.2, -0.15) is 0 Å². The van der Waals surface area contributed by atoms with Gasteiger partial charge < -0.3 is 9.88 Å². The van der Waals surface area contributed by atoms with E-state index >= 15 is 0 Å². The number of hydrogen-bond donors (Lipinski definition) is 1. The second-order valence-corrected chi connectivity index (χ2v) is 3.75. The molecule has 1 atom stereocenters. The molecule has 0 fully saturated rings. The molecule has 1 N–H and O–H groups in total. The van der Waals surface area contributed by atoms with Crippen LogP contribution in [0.25, 0.3) is 0 Å². The van der Waals surface area contributed by atoms with E-state index in [9.17, 15) is 0 Å². The summed E-state index contributed by atoms with van der Waals surface area (Å²) in [4.78, 5) is 4.39. The first-order valence-electron chi connectivity index (χ1n) is 5.60. The van der Waals surface area contributed by atoms with Crippen molar-refractivity contribution in [1.82, 2.24) is 14.9 Å². The molecule has 0 bridgehead atoms. The van der Waals surface area contributed by atoms with E-state index in [1.807, 2.05) is 19.3 Å². The second kappa shape index (κ2) is 6.40. The number of hydrogen-bond acceptors (Lipinski definition) is 2. The van der Waals surface area contributed by atoms with Crippen LogP contribution >= 0.6 is 0 Å². The lowest BCUT2D eigenvalue weighted by molar-refractivity contribution is 0.527. The number of rotatable bonds is 7. The molecule has 0 aromatic carbocycles. The van der Waals surface area contributed by atoms with Gasteiger partial charge in [-0.15, -0.1) is 6.58 Å². The largest absolute Gasteiger partial charge is 0.335 e. The van der Waals surface area contributed by atoms with Gasteiger partial charge in [-0.05, 0) is 19.9 Å². The molecule has 0 saturated carbocycles. The third-order valence-corrected chi connectivity index (χ3v) is 2.55. The molecule has 3 nitrogen and oxygen atoms in total. The standard InChI is InChI=1S/C12H21N3/c1-4-6-11(13-3)10-12-14-7-9-15(12)8-5-2/h4,7,9,11,13H,1,5-6,8,10H2,2-3H3. The van der Waals surface area contributed by atoms with Gasteiger partial charge in [0.15, 0.2) is 0 Å². The van der Waals surface area contributed by atoms with Crippen molar-refractivity contribution < 1.29 is 0 Å². The summed E-state index contributed by atoms with van der Waals surface area (Å²) in [7, 11) is 1.99. The lowest BCUT2D eigenvalue weighted by Crippen LogP contribution is -2.28. The minimum absolute atomic E-state index is 0.445. The maximum Gasteiger partial charge on any atom is 0.110 e. The predicted octanol–water partition coefficient (Wildman–Crippen LogP) is 2.00. The number of imidazole rings is 1. The zero-order chi connectivity index (χ0) is 11.1. The van der Waals surface area contributed by atoms with Crippen molar-refractivity contribution in [3.05, 3.63) is 30.9 Å². The van der Waals surface area contributed by atoms with E-state index in [1.54, 1.807) is 0 Å². The lowest BCUT2D eigenvalue weighted by Gasteiger charge is -2.14. The molecule has 3 heteroatoms. The Hall–Kier alpha value is -1.09. The number of aryl methyl sites for hydroxylation is 1. The fourth-order valence-electron chi connectivity index (χ4n) is 1.70. The summed E-state index contributed by atoms with van der Waals surface area (Å²) in [6.45, 7) is 7.01. The highest BCUT2D eigenvalue weighted by Gasteiger charge is 2.09. The molecule has 0 aliphatic heterocycles. The third kappa shape index (κ3) is 3.51. The first-order valence-corrected chi connectivity index (χ1v) is 5.60. The highest BCUT2D eigenvalue weighted by atomic mass is 15.1. The Balaban J connectivity index is 2.60. The van der Waals surface area contributed by atoms with E-state index in [-0.39, 0.29) is 0 Å². The normalized spacial score (nSPS) is 12.7. The molecular formula is C12H21N3. The number of nitrogens with zero attached hydrogens (tertiary/aromatic N) is 2. The van der Waals surface area contributed by atoms with E-state index in [4.69, 9.17) is 0 Å². The van der Waals surface area contributed by atoms with Crippen molar-refractivity contribution in [2.75, 3.05) is 7.05 Å². The number of likely N-dealkylation sites (N-methyl/N-ethyl adjacent to an activating group) is 1. The Morgan fingerprint density at radius 3 is 3.07 bits per heavy atom. The molecule has 0 spiro atoms. The number of nitrogens with one attached hydrogen (secondary N) is 1. The van der Waals surface area contributed by atoms with Crippen molar-refractivity contribution in [2.24, 2.45) is 0 Å². The van der Waals surface area contributed by atoms with Crippen molar-refractivity contribution in [1.29, 1.82) is 0 Å². The molecule has 0 saturated heterocycles. The lowest BCUT2D eigenvalue weighted by atomic mass is 10.1. The summed E-state index contributed by atoms with van der Waals surface area (Å²) in [6, 6.07) is 0.445. The molecular weight excluding hydrogens is 186 g/mol. The van der Waals surface area contributed by atoms with Crippen LogP contribution in [0, 0.1) is 0 Å². The molecule has 1 heterocycles. The van der Waals surface area contributed by atoms with Crippen LogP contribution in [-0.2, 0) is 13.0 Å². The summed E-state index contributed by atoms with van der Waals surface area (Å²) in [5.74, 6) is 1.16. The highest BCUT2D eigenvalue weighted by molar-refractivity contribution is 4.96. The van der Waals surface area contributed by atoms with Gasteiger partial charge in [0, 0.05) is 31.4 Å². The van der Waals surface area contributed by atoms with Crippen LogP contribution in [0.1, 0.15) is 25.6 Å². The van der Waals surface area contributed by atoms with Gasteiger partial charge in [-0.1, -0.05) is 13.0 Å². The third-order valence-electron chi connectivity index (χ3n) is 2.55.